The molecule has 1 aliphatic rings. The van der Waals surface area contributed by atoms with E-state index in [0.29, 0.717) is 28.5 Å². The molecule has 2 aromatic carbocycles. The zero-order valence-corrected chi connectivity index (χ0v) is 15.5. The van der Waals surface area contributed by atoms with Gasteiger partial charge in [0.05, 0.1) is 11.4 Å². The Balaban J connectivity index is 2.02. The van der Waals surface area contributed by atoms with Crippen molar-refractivity contribution in [1.29, 1.82) is 0 Å². The second-order valence-electron chi connectivity index (χ2n) is 6.60. The Morgan fingerprint density at radius 1 is 0.963 bits per heavy atom. The molecule has 0 heterocycles. The van der Waals surface area contributed by atoms with Gasteiger partial charge >= 0.3 is 0 Å². The standard InChI is InChI=1S/C21H22N4O2/c1-11-8-14(22)4-6-16(11)24-18-10-19(21(27)13(3)20(18)26)25-17-7-5-15(23)9-12(17)2/h4-10,24,27H,22-23H2,1-3H3/b25-19-. The number of aliphatic hydroxyl groups is 1. The number of nitrogen functional groups attached to an aromatic ring is 2. The predicted molar refractivity (Wildman–Crippen MR) is 110 cm³/mol. The highest BCUT2D eigenvalue weighted by atomic mass is 16.3. The third-order valence-corrected chi connectivity index (χ3v) is 4.45. The average molecular weight is 362 g/mol. The summed E-state index contributed by atoms with van der Waals surface area (Å²) in [6.45, 7) is 5.37. The summed E-state index contributed by atoms with van der Waals surface area (Å²) in [5.41, 5.74) is 17.0. The van der Waals surface area contributed by atoms with Gasteiger partial charge in [-0.15, -0.1) is 0 Å². The second kappa shape index (κ2) is 6.99. The van der Waals surface area contributed by atoms with E-state index in [-0.39, 0.29) is 17.1 Å². The number of rotatable bonds is 3. The molecule has 0 unspecified atom stereocenters. The lowest BCUT2D eigenvalue weighted by molar-refractivity contribution is -0.112. The van der Waals surface area contributed by atoms with E-state index in [4.69, 9.17) is 11.5 Å². The van der Waals surface area contributed by atoms with E-state index in [2.05, 4.69) is 10.3 Å². The fourth-order valence-corrected chi connectivity index (χ4v) is 2.86. The van der Waals surface area contributed by atoms with E-state index < -0.39 is 0 Å². The number of aryl methyl sites for hydroxylation is 2. The summed E-state index contributed by atoms with van der Waals surface area (Å²) in [4.78, 5) is 17.1. The van der Waals surface area contributed by atoms with Crippen LogP contribution in [0.4, 0.5) is 22.7 Å². The molecule has 2 aromatic rings. The van der Waals surface area contributed by atoms with Crippen molar-refractivity contribution < 1.29 is 9.90 Å². The quantitative estimate of drug-likeness (QED) is 0.488. The van der Waals surface area contributed by atoms with Crippen molar-refractivity contribution in [1.82, 2.24) is 0 Å². The molecule has 27 heavy (non-hydrogen) atoms. The maximum absolute atomic E-state index is 12.6. The molecule has 6 N–H and O–H groups in total. The zero-order chi connectivity index (χ0) is 19.7. The molecule has 6 heteroatoms. The van der Waals surface area contributed by atoms with Crippen molar-refractivity contribution in [3.63, 3.8) is 0 Å². The molecule has 3 rings (SSSR count). The Bertz CT molecular complexity index is 1030. The van der Waals surface area contributed by atoms with Gasteiger partial charge in [-0.1, -0.05) is 0 Å². The van der Waals surface area contributed by atoms with Crippen LogP contribution < -0.4 is 16.8 Å². The maximum Gasteiger partial charge on any atom is 0.208 e. The summed E-state index contributed by atoms with van der Waals surface area (Å²) in [5.74, 6) is -0.410. The van der Waals surface area contributed by atoms with Gasteiger partial charge in [-0.25, -0.2) is 4.99 Å². The number of anilines is 3. The van der Waals surface area contributed by atoms with E-state index in [1.165, 1.54) is 0 Å². The minimum atomic E-state index is -0.281. The molecule has 6 nitrogen and oxygen atoms in total. The number of carbonyl (C=O) groups excluding carboxylic acids is 1. The third kappa shape index (κ3) is 3.69. The van der Waals surface area contributed by atoms with E-state index in [1.807, 2.05) is 32.0 Å². The first-order valence-electron chi connectivity index (χ1n) is 8.51. The maximum atomic E-state index is 12.6. The summed E-state index contributed by atoms with van der Waals surface area (Å²) >= 11 is 0. The number of Topliss-reactive ketones (excluding diaryl/α,β-unsaturated/α-hetero) is 1. The largest absolute Gasteiger partial charge is 0.505 e. The number of hydrogen-bond acceptors (Lipinski definition) is 6. The number of nitrogens with two attached hydrogens (primary N) is 2. The summed E-state index contributed by atoms with van der Waals surface area (Å²) < 4.78 is 0. The number of hydrogen-bond donors (Lipinski definition) is 4. The molecule has 0 amide bonds. The van der Waals surface area contributed by atoms with Crippen LogP contribution in [0.15, 0.2) is 64.5 Å². The molecule has 138 valence electrons. The van der Waals surface area contributed by atoms with Crippen molar-refractivity contribution in [3.05, 3.63) is 70.6 Å². The van der Waals surface area contributed by atoms with Gasteiger partial charge in [-0.05, 0) is 74.4 Å². The van der Waals surface area contributed by atoms with Gasteiger partial charge in [0.2, 0.25) is 5.78 Å². The number of aliphatic imine (C=N–C) groups is 1. The first kappa shape index (κ1) is 18.3. The topological polar surface area (TPSA) is 114 Å². The highest BCUT2D eigenvalue weighted by Crippen LogP contribution is 2.27. The van der Waals surface area contributed by atoms with E-state index in [9.17, 15) is 9.90 Å². The fraction of sp³-hybridized carbons (Fsp3) is 0.143. The summed E-state index contributed by atoms with van der Waals surface area (Å²) in [6.07, 6.45) is 1.55. The lowest BCUT2D eigenvalue weighted by Gasteiger charge is -2.18. The normalized spacial score (nSPS) is 15.9. The van der Waals surface area contributed by atoms with Crippen LogP contribution in [0.25, 0.3) is 0 Å². The lowest BCUT2D eigenvalue weighted by Crippen LogP contribution is -2.22. The summed E-state index contributed by atoms with van der Waals surface area (Å²) in [7, 11) is 0. The monoisotopic (exact) mass is 362 g/mol. The number of allylic oxidation sites excluding steroid dienone is 2. The van der Waals surface area contributed by atoms with Crippen molar-refractivity contribution in [2.45, 2.75) is 20.8 Å². The van der Waals surface area contributed by atoms with Crippen LogP contribution >= 0.6 is 0 Å². The molecule has 1 aliphatic carbocycles. The first-order chi connectivity index (χ1) is 12.8. The van der Waals surface area contributed by atoms with E-state index in [1.54, 1.807) is 31.2 Å². The average Bonchev–Trinajstić information content (AvgIpc) is 2.61. The number of ketones is 1. The highest BCUT2D eigenvalue weighted by molar-refractivity contribution is 6.24. The summed E-state index contributed by atoms with van der Waals surface area (Å²) in [6, 6.07) is 10.7. The number of benzene rings is 2. The number of nitrogens with one attached hydrogen (secondary N) is 1. The fourth-order valence-electron chi connectivity index (χ4n) is 2.86. The molecule has 0 fully saturated rings. The number of aliphatic hydroxyl groups excluding tert-OH is 1. The van der Waals surface area contributed by atoms with Gasteiger partial charge in [0, 0.05) is 22.6 Å². The Labute approximate surface area is 157 Å². The van der Waals surface area contributed by atoms with Crippen LogP contribution in [-0.4, -0.2) is 16.6 Å². The van der Waals surface area contributed by atoms with Gasteiger partial charge in [0.25, 0.3) is 0 Å². The SMILES string of the molecule is CC1=C(O)/C(=N\c2ccc(N)cc2C)C=C(Nc2ccc(N)cc2C)C1=O. The van der Waals surface area contributed by atoms with Gasteiger partial charge < -0.3 is 21.9 Å². The molecular weight excluding hydrogens is 340 g/mol. The molecule has 0 atom stereocenters. The second-order valence-corrected chi connectivity index (χ2v) is 6.60. The zero-order valence-electron chi connectivity index (χ0n) is 15.5. The van der Waals surface area contributed by atoms with Crippen LogP contribution in [-0.2, 0) is 4.79 Å². The smallest absolute Gasteiger partial charge is 0.208 e. The molecule has 0 aromatic heterocycles. The van der Waals surface area contributed by atoms with Crippen molar-refractivity contribution in [3.8, 4) is 0 Å². The van der Waals surface area contributed by atoms with Gasteiger partial charge in [-0.3, -0.25) is 4.79 Å². The van der Waals surface area contributed by atoms with Gasteiger partial charge in [0.15, 0.2) is 0 Å². The van der Waals surface area contributed by atoms with Crippen LogP contribution in [0, 0.1) is 13.8 Å². The summed E-state index contributed by atoms with van der Waals surface area (Å²) in [5, 5.41) is 13.5. The minimum absolute atomic E-state index is 0.129. The minimum Gasteiger partial charge on any atom is -0.505 e. The predicted octanol–water partition coefficient (Wildman–Crippen LogP) is 3.95. The molecule has 0 aliphatic heterocycles. The van der Waals surface area contributed by atoms with Crippen LogP contribution in [0.1, 0.15) is 18.1 Å². The molecule has 0 bridgehead atoms. The van der Waals surface area contributed by atoms with Crippen molar-refractivity contribution in [2.24, 2.45) is 4.99 Å². The Hall–Kier alpha value is -3.54. The molecule has 0 radical (unpaired) electrons. The molecular formula is C21H22N4O2. The van der Waals surface area contributed by atoms with Crippen LogP contribution in [0.5, 0.6) is 0 Å². The first-order valence-corrected chi connectivity index (χ1v) is 8.51. The lowest BCUT2D eigenvalue weighted by atomic mass is 9.98. The van der Waals surface area contributed by atoms with Crippen molar-refractivity contribution >= 4 is 34.2 Å². The van der Waals surface area contributed by atoms with Crippen LogP contribution in [0.3, 0.4) is 0 Å². The Kier molecular flexibility index (Phi) is 4.73. The van der Waals surface area contributed by atoms with Gasteiger partial charge in [-0.2, -0.15) is 0 Å². The number of nitrogens with zero attached hydrogens (tertiary/aromatic N) is 1. The third-order valence-electron chi connectivity index (χ3n) is 4.45. The van der Waals surface area contributed by atoms with Gasteiger partial charge in [0.1, 0.15) is 11.5 Å². The molecule has 0 saturated carbocycles. The van der Waals surface area contributed by atoms with E-state index in [0.717, 1.165) is 16.8 Å². The molecule has 0 saturated heterocycles. The highest BCUT2D eigenvalue weighted by Gasteiger charge is 2.25. The Morgan fingerprint density at radius 3 is 2.22 bits per heavy atom. The van der Waals surface area contributed by atoms with E-state index >= 15 is 0 Å². The van der Waals surface area contributed by atoms with Crippen LogP contribution in [0.2, 0.25) is 0 Å². The van der Waals surface area contributed by atoms with Crippen molar-refractivity contribution in [2.75, 3.05) is 16.8 Å². The Morgan fingerprint density at radius 2 is 1.59 bits per heavy atom. The molecule has 0 spiro atoms. The number of carbonyl (C=O) groups is 1.